The number of nitrogens with one attached hydrogen (secondary N) is 1. The van der Waals surface area contributed by atoms with Crippen LogP contribution in [0.3, 0.4) is 0 Å². The number of allylic oxidation sites excluding steroid dienone is 21. The zero-order valence-electron chi connectivity index (χ0n) is 37.3. The number of ether oxygens (including phenoxy) is 2. The van der Waals surface area contributed by atoms with Crippen molar-refractivity contribution in [3.05, 3.63) is 134 Å². The van der Waals surface area contributed by atoms with Gasteiger partial charge < -0.3 is 40.3 Å². The lowest BCUT2D eigenvalue weighted by Crippen LogP contribution is -2.60. The van der Waals surface area contributed by atoms with Crippen molar-refractivity contribution < 1.29 is 39.8 Å². The molecule has 61 heavy (non-hydrogen) atoms. The topological polar surface area (TPSA) is 149 Å². The molecule has 1 rings (SSSR count). The molecule has 1 fully saturated rings. The Hall–Kier alpha value is -3.67. The Kier molecular flexibility index (Phi) is 36.7. The van der Waals surface area contributed by atoms with Gasteiger partial charge in [-0.2, -0.15) is 0 Å². The van der Waals surface area contributed by atoms with Crippen molar-refractivity contribution in [2.45, 2.75) is 172 Å². The highest BCUT2D eigenvalue weighted by molar-refractivity contribution is 5.76. The fourth-order valence-corrected chi connectivity index (χ4v) is 6.15. The van der Waals surface area contributed by atoms with Crippen molar-refractivity contribution in [2.75, 3.05) is 13.2 Å². The summed E-state index contributed by atoms with van der Waals surface area (Å²) >= 11 is 0. The van der Waals surface area contributed by atoms with E-state index in [4.69, 9.17) is 9.47 Å². The number of hydrogen-bond donors (Lipinski definition) is 6. The average Bonchev–Trinajstić information content (AvgIpc) is 3.26. The van der Waals surface area contributed by atoms with E-state index in [9.17, 15) is 30.3 Å². The highest BCUT2D eigenvalue weighted by Crippen LogP contribution is 2.22. The monoisotopic (exact) mass is 848 g/mol. The average molecular weight is 848 g/mol. The van der Waals surface area contributed by atoms with Crippen LogP contribution in [0.5, 0.6) is 0 Å². The molecule has 0 aromatic heterocycles. The molecule has 0 saturated carbocycles. The summed E-state index contributed by atoms with van der Waals surface area (Å²) in [5, 5.41) is 53.9. The summed E-state index contributed by atoms with van der Waals surface area (Å²) in [6.45, 7) is 3.34. The van der Waals surface area contributed by atoms with E-state index < -0.39 is 49.5 Å². The largest absolute Gasteiger partial charge is 0.394 e. The van der Waals surface area contributed by atoms with E-state index in [-0.39, 0.29) is 12.5 Å². The molecular formula is C52H81NO8. The highest BCUT2D eigenvalue weighted by Gasteiger charge is 2.44. The van der Waals surface area contributed by atoms with E-state index in [2.05, 4.69) is 128 Å². The quantitative estimate of drug-likeness (QED) is 0.0273. The summed E-state index contributed by atoms with van der Waals surface area (Å²) < 4.78 is 11.1. The summed E-state index contributed by atoms with van der Waals surface area (Å²) in [6, 6.07) is -0.850. The number of hydrogen-bond acceptors (Lipinski definition) is 8. The van der Waals surface area contributed by atoms with Crippen LogP contribution in [0.4, 0.5) is 0 Å². The van der Waals surface area contributed by atoms with Crippen LogP contribution >= 0.6 is 0 Å². The fraction of sp³-hybridized carbons (Fsp3) is 0.558. The molecule has 1 saturated heterocycles. The zero-order valence-corrected chi connectivity index (χ0v) is 37.3. The molecule has 7 unspecified atom stereocenters. The van der Waals surface area contributed by atoms with Crippen molar-refractivity contribution in [1.29, 1.82) is 0 Å². The van der Waals surface area contributed by atoms with E-state index in [1.165, 1.54) is 0 Å². The molecule has 1 aliphatic rings. The van der Waals surface area contributed by atoms with Crippen molar-refractivity contribution in [3.63, 3.8) is 0 Å². The third kappa shape index (κ3) is 30.9. The molecule has 0 aromatic rings. The lowest BCUT2D eigenvalue weighted by Gasteiger charge is -2.40. The van der Waals surface area contributed by atoms with E-state index >= 15 is 0 Å². The minimum Gasteiger partial charge on any atom is -0.394 e. The summed E-state index contributed by atoms with van der Waals surface area (Å²) in [5.74, 6) is -0.227. The van der Waals surface area contributed by atoms with Gasteiger partial charge in [0, 0.05) is 6.42 Å². The molecule has 6 N–H and O–H groups in total. The van der Waals surface area contributed by atoms with Gasteiger partial charge in [0.05, 0.1) is 25.4 Å². The Balaban J connectivity index is 2.29. The maximum Gasteiger partial charge on any atom is 0.220 e. The number of amides is 1. The predicted octanol–water partition coefficient (Wildman–Crippen LogP) is 9.83. The molecule has 0 bridgehead atoms. The van der Waals surface area contributed by atoms with Gasteiger partial charge in [-0.05, 0) is 103 Å². The zero-order chi connectivity index (χ0) is 44.4. The van der Waals surface area contributed by atoms with Gasteiger partial charge in [0.25, 0.3) is 0 Å². The van der Waals surface area contributed by atoms with Crippen molar-refractivity contribution in [2.24, 2.45) is 0 Å². The Morgan fingerprint density at radius 2 is 1.05 bits per heavy atom. The molecule has 0 spiro atoms. The molecule has 9 heteroatoms. The van der Waals surface area contributed by atoms with E-state index in [1.54, 1.807) is 6.08 Å². The third-order valence-electron chi connectivity index (χ3n) is 9.78. The summed E-state index contributed by atoms with van der Waals surface area (Å²) in [6.07, 6.45) is 55.3. The molecule has 1 aliphatic heterocycles. The Morgan fingerprint density at radius 3 is 1.56 bits per heavy atom. The van der Waals surface area contributed by atoms with Gasteiger partial charge in [-0.25, -0.2) is 0 Å². The number of carbonyl (C=O) groups is 1. The lowest BCUT2D eigenvalue weighted by atomic mass is 9.99. The number of aliphatic hydroxyl groups is 5. The van der Waals surface area contributed by atoms with Gasteiger partial charge in [0.2, 0.25) is 5.91 Å². The van der Waals surface area contributed by atoms with Crippen LogP contribution in [-0.4, -0.2) is 87.5 Å². The summed E-state index contributed by atoms with van der Waals surface area (Å²) in [5.41, 5.74) is 0. The minimum absolute atomic E-state index is 0.227. The molecule has 7 atom stereocenters. The second-order valence-electron chi connectivity index (χ2n) is 15.1. The van der Waals surface area contributed by atoms with Gasteiger partial charge >= 0.3 is 0 Å². The second-order valence-corrected chi connectivity index (χ2v) is 15.1. The first kappa shape index (κ1) is 55.3. The highest BCUT2D eigenvalue weighted by atomic mass is 16.7. The van der Waals surface area contributed by atoms with E-state index in [0.29, 0.717) is 19.3 Å². The van der Waals surface area contributed by atoms with Gasteiger partial charge in [0.15, 0.2) is 6.29 Å². The van der Waals surface area contributed by atoms with Crippen molar-refractivity contribution >= 4 is 5.91 Å². The first-order chi connectivity index (χ1) is 29.8. The van der Waals surface area contributed by atoms with Crippen LogP contribution in [0, 0.1) is 0 Å². The molecule has 0 aliphatic carbocycles. The van der Waals surface area contributed by atoms with Crippen LogP contribution in [0.2, 0.25) is 0 Å². The second kappa shape index (κ2) is 40.4. The molecule has 9 nitrogen and oxygen atoms in total. The molecule has 0 aromatic carbocycles. The maximum absolute atomic E-state index is 12.9. The Labute approximate surface area is 369 Å². The van der Waals surface area contributed by atoms with Gasteiger partial charge in [-0.1, -0.05) is 153 Å². The van der Waals surface area contributed by atoms with Gasteiger partial charge in [-0.15, -0.1) is 0 Å². The predicted molar refractivity (Wildman–Crippen MR) is 253 cm³/mol. The fourth-order valence-electron chi connectivity index (χ4n) is 6.15. The first-order valence-electron chi connectivity index (χ1n) is 22.9. The first-order valence-corrected chi connectivity index (χ1v) is 22.9. The Morgan fingerprint density at radius 1 is 0.590 bits per heavy atom. The minimum atomic E-state index is -1.59. The van der Waals surface area contributed by atoms with Crippen LogP contribution in [-0.2, 0) is 14.3 Å². The number of unbranched alkanes of at least 4 members (excludes halogenated alkanes) is 6. The van der Waals surface area contributed by atoms with Crippen LogP contribution in [0.1, 0.15) is 129 Å². The standard InChI is InChI=1S/C52H81NO8/c1-3-5-7-9-11-13-14-15-16-17-18-19-20-21-22-23-24-25-26-27-28-29-30-31-32-34-36-38-40-42-48(56)53-45(46(55)41-39-37-35-33-12-10-8-6-4-2)44-60-52-51(59)50(58)49(57)47(43-54)61-52/h4-7,11-13,15-16,18-19,21-22,24-25,27-28,30-31,33,39,41,45-47,49-52,54-55,57-59H,3,8-10,14,17,20,23,26,29,32,34-38,40,42-44H2,1-2H3,(H,53,56)/b6-4+,7-5-,13-11-,16-15-,19-18-,22-21-,25-24-,28-27-,31-30-,33-12+,41-39+. The van der Waals surface area contributed by atoms with E-state index in [1.807, 2.05) is 19.1 Å². The molecule has 0 radical (unpaired) electrons. The molecule has 1 amide bonds. The van der Waals surface area contributed by atoms with Crippen LogP contribution < -0.4 is 5.32 Å². The maximum atomic E-state index is 12.9. The smallest absolute Gasteiger partial charge is 0.220 e. The normalized spacial score (nSPS) is 21.7. The molecular weight excluding hydrogens is 767 g/mol. The SMILES string of the molecule is C/C=C/CC/C=C/CC/C=C/C(O)C(COC1OC(CO)C(O)C(O)C1O)NC(=O)CCCCCC/C=C\C/C=C\C/C=C\C/C=C\C/C=C\C/C=C\C/C=C\C/C=C\CC. The van der Waals surface area contributed by atoms with E-state index in [0.717, 1.165) is 96.3 Å². The summed E-state index contributed by atoms with van der Waals surface area (Å²) in [4.78, 5) is 12.9. The third-order valence-corrected chi connectivity index (χ3v) is 9.78. The molecule has 1 heterocycles. The number of carbonyl (C=O) groups excluding carboxylic acids is 1. The number of rotatable bonds is 35. The summed E-state index contributed by atoms with van der Waals surface area (Å²) in [7, 11) is 0. The van der Waals surface area contributed by atoms with Crippen molar-refractivity contribution in [1.82, 2.24) is 5.32 Å². The Bertz CT molecular complexity index is 1400. The van der Waals surface area contributed by atoms with Crippen LogP contribution in [0.25, 0.3) is 0 Å². The van der Waals surface area contributed by atoms with Crippen molar-refractivity contribution in [3.8, 4) is 0 Å². The van der Waals surface area contributed by atoms with Gasteiger partial charge in [-0.3, -0.25) is 4.79 Å². The van der Waals surface area contributed by atoms with Crippen LogP contribution in [0.15, 0.2) is 134 Å². The van der Waals surface area contributed by atoms with Gasteiger partial charge in [0.1, 0.15) is 24.4 Å². The number of aliphatic hydroxyl groups excluding tert-OH is 5. The molecule has 342 valence electrons. The lowest BCUT2D eigenvalue weighted by molar-refractivity contribution is -0.302.